The molecule has 62 valence electrons. The van der Waals surface area contributed by atoms with Gasteiger partial charge in [-0.3, -0.25) is 0 Å². The topological polar surface area (TPSA) is 32.7 Å². The maximum Gasteiger partial charge on any atom is 0.386 e. The van der Waals surface area contributed by atoms with E-state index in [1.807, 2.05) is 6.08 Å². The van der Waals surface area contributed by atoms with E-state index in [2.05, 4.69) is 11.4 Å². The molecule has 1 rings (SSSR count). The lowest BCUT2D eigenvalue weighted by Crippen LogP contribution is -2.36. The molecule has 3 nitrogen and oxygen atoms in total. The van der Waals surface area contributed by atoms with E-state index in [0.29, 0.717) is 6.54 Å². The minimum atomic E-state index is 0.152. The molecule has 1 aliphatic rings. The molecule has 0 aromatic carbocycles. The Morgan fingerprint density at radius 1 is 1.73 bits per heavy atom. The molecule has 0 spiro atoms. The second-order valence-corrected chi connectivity index (χ2v) is 2.61. The van der Waals surface area contributed by atoms with Crippen LogP contribution in [0.4, 0.5) is 0 Å². The van der Waals surface area contributed by atoms with Crippen LogP contribution in [0.5, 0.6) is 0 Å². The Hall–Kier alpha value is -0.315. The van der Waals surface area contributed by atoms with Crippen molar-refractivity contribution in [2.24, 2.45) is 0 Å². The zero-order chi connectivity index (χ0) is 8.10. The highest BCUT2D eigenvalue weighted by molar-refractivity contribution is 6.49. The molecule has 1 aliphatic heterocycles. The molecule has 0 atom stereocenters. The summed E-state index contributed by atoms with van der Waals surface area (Å²) in [5, 5.41) is 8.69. The quantitative estimate of drug-likeness (QED) is 0.457. The minimum absolute atomic E-state index is 0.152. The lowest BCUT2D eigenvalue weighted by atomic mass is 9.77. The van der Waals surface area contributed by atoms with Gasteiger partial charge in [-0.2, -0.15) is 0 Å². The van der Waals surface area contributed by atoms with E-state index in [1.54, 1.807) is 0 Å². The zero-order valence-corrected chi connectivity index (χ0v) is 6.70. The summed E-state index contributed by atoms with van der Waals surface area (Å²) in [6, 6.07) is 0. The highest BCUT2D eigenvalue weighted by Gasteiger charge is 2.28. The fourth-order valence-corrected chi connectivity index (χ4v) is 1.30. The average molecular weight is 155 g/mol. The molecular weight excluding hydrogens is 141 g/mol. The Bertz CT molecular complexity index is 132. The van der Waals surface area contributed by atoms with E-state index < -0.39 is 0 Å². The van der Waals surface area contributed by atoms with Gasteiger partial charge in [0.25, 0.3) is 0 Å². The van der Waals surface area contributed by atoms with Gasteiger partial charge >= 0.3 is 7.05 Å². The van der Waals surface area contributed by atoms with Gasteiger partial charge in [-0.25, -0.2) is 0 Å². The van der Waals surface area contributed by atoms with Crippen LogP contribution >= 0.6 is 0 Å². The normalized spacial score (nSPS) is 19.2. The minimum Gasteiger partial charge on any atom is -0.420 e. The number of aliphatic hydroxyl groups excluding tert-OH is 1. The summed E-state index contributed by atoms with van der Waals surface area (Å²) in [6.07, 6.45) is 2.69. The first kappa shape index (κ1) is 8.78. The molecule has 0 bridgehead atoms. The van der Waals surface area contributed by atoms with Gasteiger partial charge in [0.1, 0.15) is 0 Å². The first-order chi connectivity index (χ1) is 5.38. The van der Waals surface area contributed by atoms with Crippen molar-refractivity contribution in [1.29, 1.82) is 0 Å². The maximum absolute atomic E-state index is 8.69. The average Bonchev–Trinajstić information content (AvgIpc) is 2.39. The van der Waals surface area contributed by atoms with Gasteiger partial charge in [0, 0.05) is 19.7 Å². The highest BCUT2D eigenvalue weighted by atomic mass is 16.5. The molecule has 0 unspecified atom stereocenters. The number of aliphatic hydroxyl groups is 1. The molecule has 0 saturated carbocycles. The summed E-state index contributed by atoms with van der Waals surface area (Å²) in [6.45, 7) is 6.27. The van der Waals surface area contributed by atoms with Crippen LogP contribution in [0.2, 0.25) is 6.32 Å². The van der Waals surface area contributed by atoms with Crippen molar-refractivity contribution in [3.63, 3.8) is 0 Å². The Morgan fingerprint density at radius 2 is 2.55 bits per heavy atom. The van der Waals surface area contributed by atoms with Crippen LogP contribution < -0.4 is 0 Å². The molecular formula is C7H14BNO2. The summed E-state index contributed by atoms with van der Waals surface area (Å²) >= 11 is 0. The second kappa shape index (κ2) is 4.54. The predicted octanol–water partition coefficient (Wildman–Crippen LogP) is -0.0149. The van der Waals surface area contributed by atoms with E-state index in [4.69, 9.17) is 9.76 Å². The van der Waals surface area contributed by atoms with Crippen LogP contribution in [0.25, 0.3) is 0 Å². The fourth-order valence-electron chi connectivity index (χ4n) is 1.30. The lowest BCUT2D eigenvalue weighted by Gasteiger charge is -2.16. The van der Waals surface area contributed by atoms with E-state index in [1.165, 1.54) is 0 Å². The number of nitrogens with zero attached hydrogens (tertiary/aromatic N) is 1. The molecule has 0 radical (unpaired) electrons. The molecule has 0 amide bonds. The largest absolute Gasteiger partial charge is 0.420 e. The third-order valence-corrected chi connectivity index (χ3v) is 1.85. The van der Waals surface area contributed by atoms with Crippen molar-refractivity contribution in [3.8, 4) is 0 Å². The summed E-state index contributed by atoms with van der Waals surface area (Å²) in [7, 11) is 0.152. The van der Waals surface area contributed by atoms with Crippen LogP contribution in [0.1, 0.15) is 0 Å². The Morgan fingerprint density at radius 3 is 3.18 bits per heavy atom. The monoisotopic (exact) mass is 155 g/mol. The summed E-state index contributed by atoms with van der Waals surface area (Å²) in [5.74, 6) is 0. The van der Waals surface area contributed by atoms with Crippen LogP contribution in [-0.4, -0.2) is 43.3 Å². The maximum atomic E-state index is 8.69. The van der Waals surface area contributed by atoms with Crippen LogP contribution in [-0.2, 0) is 4.65 Å². The van der Waals surface area contributed by atoms with E-state index in [9.17, 15) is 0 Å². The summed E-state index contributed by atoms with van der Waals surface area (Å²) in [4.78, 5) is 2.13. The van der Waals surface area contributed by atoms with Crippen LogP contribution in [0.3, 0.4) is 0 Å². The zero-order valence-electron chi connectivity index (χ0n) is 6.70. The molecule has 4 heteroatoms. The summed E-state index contributed by atoms with van der Waals surface area (Å²) in [5.41, 5.74) is 0. The van der Waals surface area contributed by atoms with Crippen LogP contribution in [0.15, 0.2) is 12.7 Å². The molecule has 1 fully saturated rings. The molecule has 0 aromatic rings. The van der Waals surface area contributed by atoms with Gasteiger partial charge in [-0.1, -0.05) is 6.08 Å². The van der Waals surface area contributed by atoms with E-state index in [0.717, 1.165) is 19.5 Å². The SMILES string of the molecule is C=CCB1OCCN1CCO. The third-order valence-electron chi connectivity index (χ3n) is 1.85. The molecule has 11 heavy (non-hydrogen) atoms. The molecule has 1 heterocycles. The standard InChI is InChI=1S/C7H14BNO2/c1-2-3-8-9(4-6-10)5-7-11-8/h2,10H,1,3-7H2. The number of β-amino-alcohol motifs (C(OH)–C–C–N with tert-alkyl or cyclic N) is 1. The van der Waals surface area contributed by atoms with Crippen molar-refractivity contribution >= 4 is 7.05 Å². The molecule has 0 aliphatic carbocycles. The van der Waals surface area contributed by atoms with E-state index >= 15 is 0 Å². The third kappa shape index (κ3) is 2.32. The van der Waals surface area contributed by atoms with Gasteiger partial charge in [-0.15, -0.1) is 6.58 Å². The number of rotatable bonds is 4. The first-order valence-electron chi connectivity index (χ1n) is 3.96. The van der Waals surface area contributed by atoms with Crippen LogP contribution in [0, 0.1) is 0 Å². The Balaban J connectivity index is 2.31. The molecule has 0 aromatic heterocycles. The number of hydrogen-bond acceptors (Lipinski definition) is 3. The first-order valence-corrected chi connectivity index (χ1v) is 3.96. The molecule has 1 saturated heterocycles. The highest BCUT2D eigenvalue weighted by Crippen LogP contribution is 2.09. The van der Waals surface area contributed by atoms with Gasteiger partial charge in [-0.05, 0) is 6.32 Å². The lowest BCUT2D eigenvalue weighted by molar-refractivity contribution is 0.260. The van der Waals surface area contributed by atoms with Crippen molar-refractivity contribution in [2.45, 2.75) is 6.32 Å². The second-order valence-electron chi connectivity index (χ2n) is 2.61. The number of allylic oxidation sites excluding steroid dienone is 1. The van der Waals surface area contributed by atoms with Crippen molar-refractivity contribution in [3.05, 3.63) is 12.7 Å². The van der Waals surface area contributed by atoms with Gasteiger partial charge in [0.05, 0.1) is 6.61 Å². The van der Waals surface area contributed by atoms with Gasteiger partial charge < -0.3 is 14.6 Å². The van der Waals surface area contributed by atoms with Crippen molar-refractivity contribution in [2.75, 3.05) is 26.3 Å². The smallest absolute Gasteiger partial charge is 0.386 e. The summed E-state index contributed by atoms with van der Waals surface area (Å²) < 4.78 is 5.40. The Kier molecular flexibility index (Phi) is 3.62. The molecule has 1 N–H and O–H groups in total. The van der Waals surface area contributed by atoms with Gasteiger partial charge in [0.15, 0.2) is 0 Å². The van der Waals surface area contributed by atoms with Gasteiger partial charge in [0.2, 0.25) is 0 Å². The Labute approximate surface area is 67.8 Å². The van der Waals surface area contributed by atoms with E-state index in [-0.39, 0.29) is 13.7 Å². The van der Waals surface area contributed by atoms with Crippen molar-refractivity contribution in [1.82, 2.24) is 4.81 Å². The fraction of sp³-hybridized carbons (Fsp3) is 0.714. The number of hydrogen-bond donors (Lipinski definition) is 1. The van der Waals surface area contributed by atoms with Crippen molar-refractivity contribution < 1.29 is 9.76 Å². The predicted molar refractivity (Wildman–Crippen MR) is 45.4 cm³/mol.